The Labute approximate surface area is 269 Å². The molecule has 6 aromatic carbocycles. The molecule has 0 bridgehead atoms. The van der Waals surface area contributed by atoms with Gasteiger partial charge >= 0.3 is 0 Å². The lowest BCUT2D eigenvalue weighted by Gasteiger charge is -2.38. The molecule has 6 heteroatoms. The second-order valence-electron chi connectivity index (χ2n) is 12.2. The van der Waals surface area contributed by atoms with Crippen LogP contribution in [0.15, 0.2) is 146 Å². The largest absolute Gasteiger partial charge is 0.458 e. The standard InChI is InChI=1S/C41H28N4O2/c1-45-40(30-17-10-20-35-37(30)28-15-6-8-18-33(28)46-35)43-39(32-22-42-23-36-38(32)29-16-7-9-19-34(29)47-36)44-41(45)31-21-24-11-2-3-12-25(24)26-13-4-5-14-27(26)31/h2-22,41,44H,23H2,1H3. The van der Waals surface area contributed by atoms with E-state index < -0.39 is 0 Å². The summed E-state index contributed by atoms with van der Waals surface area (Å²) in [4.78, 5) is 12.4. The van der Waals surface area contributed by atoms with Crippen molar-refractivity contribution in [3.05, 3.63) is 150 Å². The number of fused-ring (bicyclic) bond motifs is 9. The van der Waals surface area contributed by atoms with E-state index >= 15 is 0 Å². The van der Waals surface area contributed by atoms with E-state index in [2.05, 4.69) is 108 Å². The van der Waals surface area contributed by atoms with Crippen molar-refractivity contribution in [2.45, 2.75) is 12.7 Å². The van der Waals surface area contributed by atoms with Gasteiger partial charge in [-0.25, -0.2) is 4.99 Å². The van der Waals surface area contributed by atoms with Crippen molar-refractivity contribution in [1.29, 1.82) is 0 Å². The van der Waals surface area contributed by atoms with Gasteiger partial charge in [0.05, 0.1) is 6.54 Å². The zero-order valence-electron chi connectivity index (χ0n) is 25.6. The molecule has 1 unspecified atom stereocenters. The van der Waals surface area contributed by atoms with Gasteiger partial charge in [0, 0.05) is 51.7 Å². The first-order valence-corrected chi connectivity index (χ1v) is 15.9. The molecule has 2 aliphatic rings. The van der Waals surface area contributed by atoms with E-state index in [0.29, 0.717) is 6.54 Å². The Bertz CT molecular complexity index is 2670. The van der Waals surface area contributed by atoms with Crippen LogP contribution in [0.3, 0.4) is 0 Å². The van der Waals surface area contributed by atoms with Gasteiger partial charge in [-0.05, 0) is 45.8 Å². The molecule has 47 heavy (non-hydrogen) atoms. The molecule has 0 aliphatic carbocycles. The summed E-state index contributed by atoms with van der Waals surface area (Å²) in [6, 6.07) is 42.2. The number of allylic oxidation sites excluding steroid dienone is 1. The fourth-order valence-electron chi connectivity index (χ4n) is 7.48. The third-order valence-electron chi connectivity index (χ3n) is 9.60. The van der Waals surface area contributed by atoms with Crippen LogP contribution in [0.5, 0.6) is 0 Å². The fraction of sp³-hybridized carbons (Fsp3) is 0.0732. The van der Waals surface area contributed by atoms with Gasteiger partial charge in [0.1, 0.15) is 40.3 Å². The third-order valence-corrected chi connectivity index (χ3v) is 9.60. The number of nitrogens with zero attached hydrogens (tertiary/aromatic N) is 3. The van der Waals surface area contributed by atoms with E-state index in [1.807, 2.05) is 36.5 Å². The number of aliphatic imine (C=N–C) groups is 2. The highest BCUT2D eigenvalue weighted by Gasteiger charge is 2.33. The van der Waals surface area contributed by atoms with E-state index in [0.717, 1.165) is 67.0 Å². The summed E-state index contributed by atoms with van der Waals surface area (Å²) in [5.74, 6) is 2.45. The summed E-state index contributed by atoms with van der Waals surface area (Å²) in [5, 5.41) is 11.9. The van der Waals surface area contributed by atoms with Crippen LogP contribution in [0.1, 0.15) is 28.6 Å². The Morgan fingerprint density at radius 1 is 0.681 bits per heavy atom. The summed E-state index contributed by atoms with van der Waals surface area (Å²) in [7, 11) is 2.12. The van der Waals surface area contributed by atoms with Crippen molar-refractivity contribution in [3.8, 4) is 0 Å². The first kappa shape index (κ1) is 26.1. The van der Waals surface area contributed by atoms with Crippen LogP contribution in [0, 0.1) is 0 Å². The van der Waals surface area contributed by atoms with Crippen molar-refractivity contribution in [3.63, 3.8) is 0 Å². The minimum Gasteiger partial charge on any atom is -0.458 e. The molecule has 0 fully saturated rings. The van der Waals surface area contributed by atoms with Gasteiger partial charge < -0.3 is 19.1 Å². The fourth-order valence-corrected chi connectivity index (χ4v) is 7.48. The SMILES string of the molecule is CN1C(c2cccc3oc4ccccc4c23)=NC(=C2C=NCc3oc4ccccc4c32)NC1c1cc2ccccc2c2ccccc12. The quantitative estimate of drug-likeness (QED) is 0.199. The summed E-state index contributed by atoms with van der Waals surface area (Å²) >= 11 is 0. The van der Waals surface area contributed by atoms with Crippen molar-refractivity contribution in [2.24, 2.45) is 9.98 Å². The first-order valence-electron chi connectivity index (χ1n) is 15.9. The topological polar surface area (TPSA) is 66.3 Å². The van der Waals surface area contributed by atoms with Crippen molar-refractivity contribution in [1.82, 2.24) is 10.2 Å². The van der Waals surface area contributed by atoms with Crippen LogP contribution in [-0.2, 0) is 6.54 Å². The minimum absolute atomic E-state index is 0.245. The Morgan fingerprint density at radius 2 is 1.36 bits per heavy atom. The van der Waals surface area contributed by atoms with Crippen LogP contribution >= 0.6 is 0 Å². The third kappa shape index (κ3) is 3.85. The molecule has 4 heterocycles. The van der Waals surface area contributed by atoms with Crippen LogP contribution in [0.4, 0.5) is 0 Å². The zero-order valence-corrected chi connectivity index (χ0v) is 25.6. The van der Waals surface area contributed by atoms with Crippen molar-refractivity contribution in [2.75, 3.05) is 7.05 Å². The maximum absolute atomic E-state index is 6.33. The lowest BCUT2D eigenvalue weighted by atomic mass is 9.94. The van der Waals surface area contributed by atoms with Gasteiger partial charge in [-0.1, -0.05) is 97.1 Å². The Balaban J connectivity index is 1.28. The number of para-hydroxylation sites is 2. The molecule has 2 aromatic heterocycles. The Morgan fingerprint density at radius 3 is 2.21 bits per heavy atom. The molecule has 10 rings (SSSR count). The monoisotopic (exact) mass is 608 g/mol. The molecule has 0 radical (unpaired) electrons. The van der Waals surface area contributed by atoms with E-state index in [4.69, 9.17) is 18.8 Å². The lowest BCUT2D eigenvalue weighted by Crippen LogP contribution is -2.44. The highest BCUT2D eigenvalue weighted by molar-refractivity contribution is 6.21. The van der Waals surface area contributed by atoms with Gasteiger partial charge in [0.15, 0.2) is 0 Å². The number of benzene rings is 6. The highest BCUT2D eigenvalue weighted by Crippen LogP contribution is 2.41. The Kier molecular flexibility index (Phi) is 5.52. The smallest absolute Gasteiger partial charge is 0.140 e. The zero-order chi connectivity index (χ0) is 31.1. The number of hydrogen-bond acceptors (Lipinski definition) is 6. The average Bonchev–Trinajstić information content (AvgIpc) is 3.70. The maximum atomic E-state index is 6.33. The molecule has 0 amide bonds. The number of hydrogen-bond donors (Lipinski definition) is 1. The molecule has 2 aliphatic heterocycles. The van der Waals surface area contributed by atoms with E-state index in [-0.39, 0.29) is 6.17 Å². The molecule has 0 spiro atoms. The number of rotatable bonds is 2. The van der Waals surface area contributed by atoms with Gasteiger partial charge in [-0.15, -0.1) is 0 Å². The molecule has 1 atom stereocenters. The number of furan rings is 2. The average molecular weight is 609 g/mol. The minimum atomic E-state index is -0.245. The predicted octanol–water partition coefficient (Wildman–Crippen LogP) is 9.57. The van der Waals surface area contributed by atoms with Gasteiger partial charge in [0.2, 0.25) is 0 Å². The van der Waals surface area contributed by atoms with E-state index in [9.17, 15) is 0 Å². The van der Waals surface area contributed by atoms with E-state index in [1.54, 1.807) is 0 Å². The first-order chi connectivity index (χ1) is 23.2. The van der Waals surface area contributed by atoms with Crippen LogP contribution in [-0.4, -0.2) is 24.0 Å². The highest BCUT2D eigenvalue weighted by atomic mass is 16.3. The second-order valence-corrected chi connectivity index (χ2v) is 12.2. The molecule has 0 saturated heterocycles. The normalized spacial score (nSPS) is 17.9. The summed E-state index contributed by atoms with van der Waals surface area (Å²) in [6.45, 7) is 0.496. The Hall–Kier alpha value is -6.14. The number of amidine groups is 1. The van der Waals surface area contributed by atoms with Crippen molar-refractivity contribution >= 4 is 72.1 Å². The van der Waals surface area contributed by atoms with Crippen LogP contribution in [0.25, 0.3) is 60.0 Å². The molecule has 1 N–H and O–H groups in total. The van der Waals surface area contributed by atoms with Gasteiger partial charge in [0.25, 0.3) is 0 Å². The molecule has 0 saturated carbocycles. The lowest BCUT2D eigenvalue weighted by molar-refractivity contribution is 0.321. The van der Waals surface area contributed by atoms with E-state index in [1.165, 1.54) is 27.1 Å². The molecular formula is C41H28N4O2. The molecule has 6 nitrogen and oxygen atoms in total. The van der Waals surface area contributed by atoms with Crippen LogP contribution < -0.4 is 5.32 Å². The van der Waals surface area contributed by atoms with Crippen molar-refractivity contribution < 1.29 is 8.83 Å². The molecule has 8 aromatic rings. The maximum Gasteiger partial charge on any atom is 0.140 e. The summed E-state index contributed by atoms with van der Waals surface area (Å²) in [5.41, 5.74) is 6.68. The molecular weight excluding hydrogens is 580 g/mol. The second kappa shape index (κ2) is 9.93. The van der Waals surface area contributed by atoms with Crippen LogP contribution in [0.2, 0.25) is 0 Å². The van der Waals surface area contributed by atoms with Gasteiger partial charge in [-0.2, -0.15) is 0 Å². The molecule has 224 valence electrons. The predicted molar refractivity (Wildman–Crippen MR) is 191 cm³/mol. The van der Waals surface area contributed by atoms with Gasteiger partial charge in [-0.3, -0.25) is 4.99 Å². The number of nitrogens with one attached hydrogen (secondary N) is 1. The summed E-state index contributed by atoms with van der Waals surface area (Å²) in [6.07, 6.45) is 1.70. The summed E-state index contributed by atoms with van der Waals surface area (Å²) < 4.78 is 12.6.